The molecular formula is C16H23N3. The van der Waals surface area contributed by atoms with Gasteiger partial charge in [-0.2, -0.15) is 5.26 Å². The summed E-state index contributed by atoms with van der Waals surface area (Å²) in [5.74, 6) is 0. The molecular weight excluding hydrogens is 234 g/mol. The summed E-state index contributed by atoms with van der Waals surface area (Å²) >= 11 is 0. The fraction of sp³-hybridized carbons (Fsp3) is 0.562. The van der Waals surface area contributed by atoms with Gasteiger partial charge in [0, 0.05) is 12.6 Å². The van der Waals surface area contributed by atoms with Gasteiger partial charge in [-0.25, -0.2) is 0 Å². The van der Waals surface area contributed by atoms with Crippen molar-refractivity contribution >= 4 is 0 Å². The van der Waals surface area contributed by atoms with Crippen LogP contribution in [0.25, 0.3) is 0 Å². The zero-order valence-corrected chi connectivity index (χ0v) is 11.9. The van der Waals surface area contributed by atoms with Crippen LogP contribution in [0.5, 0.6) is 0 Å². The lowest BCUT2D eigenvalue weighted by molar-refractivity contribution is 0.275. The number of hydrogen-bond donors (Lipinski definition) is 1. The van der Waals surface area contributed by atoms with Crippen LogP contribution in [-0.2, 0) is 5.54 Å². The first kappa shape index (κ1) is 14.0. The van der Waals surface area contributed by atoms with Crippen LogP contribution in [0.2, 0.25) is 0 Å². The Kier molecular flexibility index (Phi) is 4.57. The lowest BCUT2D eigenvalue weighted by Crippen LogP contribution is -2.43. The van der Waals surface area contributed by atoms with Crippen molar-refractivity contribution < 1.29 is 0 Å². The minimum atomic E-state index is -0.556. The summed E-state index contributed by atoms with van der Waals surface area (Å²) in [5.41, 5.74) is 0.516. The Bertz CT molecular complexity index is 433. The van der Waals surface area contributed by atoms with E-state index in [4.69, 9.17) is 0 Å². The molecule has 1 aromatic rings. The van der Waals surface area contributed by atoms with Crippen LogP contribution in [0.3, 0.4) is 0 Å². The van der Waals surface area contributed by atoms with Crippen LogP contribution in [0, 0.1) is 11.3 Å². The summed E-state index contributed by atoms with van der Waals surface area (Å²) in [6, 6.07) is 13.3. The van der Waals surface area contributed by atoms with E-state index in [0.717, 1.165) is 31.1 Å². The van der Waals surface area contributed by atoms with Crippen LogP contribution in [0.4, 0.5) is 0 Å². The second kappa shape index (κ2) is 6.18. The molecule has 1 N–H and O–H groups in total. The molecule has 0 heterocycles. The molecule has 0 radical (unpaired) electrons. The molecule has 1 saturated carbocycles. The van der Waals surface area contributed by atoms with Crippen molar-refractivity contribution in [3.05, 3.63) is 35.9 Å². The molecule has 102 valence electrons. The number of rotatable bonds is 7. The summed E-state index contributed by atoms with van der Waals surface area (Å²) in [7, 11) is 2.16. The molecule has 19 heavy (non-hydrogen) atoms. The molecule has 1 fully saturated rings. The Morgan fingerprint density at radius 1 is 1.37 bits per heavy atom. The van der Waals surface area contributed by atoms with Gasteiger partial charge in [-0.05, 0) is 38.4 Å². The molecule has 1 unspecified atom stereocenters. The maximum absolute atomic E-state index is 9.70. The van der Waals surface area contributed by atoms with E-state index in [0.29, 0.717) is 0 Å². The molecule has 1 aliphatic carbocycles. The third kappa shape index (κ3) is 3.34. The fourth-order valence-electron chi connectivity index (χ4n) is 2.56. The Morgan fingerprint density at radius 3 is 2.58 bits per heavy atom. The first-order valence-corrected chi connectivity index (χ1v) is 7.14. The average molecular weight is 257 g/mol. The lowest BCUT2D eigenvalue weighted by atomic mass is 9.87. The molecule has 0 saturated heterocycles. The molecule has 2 rings (SSSR count). The van der Waals surface area contributed by atoms with Gasteiger partial charge >= 0.3 is 0 Å². The van der Waals surface area contributed by atoms with Gasteiger partial charge in [0.15, 0.2) is 0 Å². The van der Waals surface area contributed by atoms with E-state index in [-0.39, 0.29) is 0 Å². The van der Waals surface area contributed by atoms with E-state index in [1.807, 2.05) is 30.3 Å². The SMILES string of the molecule is CCNC(C#N)(CCN(C)C1CC1)c1ccccc1. The molecule has 0 amide bonds. The summed E-state index contributed by atoms with van der Waals surface area (Å²) in [6.45, 7) is 3.81. The van der Waals surface area contributed by atoms with E-state index in [2.05, 4.69) is 30.3 Å². The van der Waals surface area contributed by atoms with Crippen molar-refractivity contribution in [3.8, 4) is 6.07 Å². The summed E-state index contributed by atoms with van der Waals surface area (Å²) < 4.78 is 0. The predicted molar refractivity (Wildman–Crippen MR) is 77.7 cm³/mol. The molecule has 3 heteroatoms. The monoisotopic (exact) mass is 257 g/mol. The van der Waals surface area contributed by atoms with Gasteiger partial charge in [0.25, 0.3) is 0 Å². The standard InChI is InChI=1S/C16H23N3/c1-3-18-16(13-17,14-7-5-4-6-8-14)11-12-19(2)15-9-10-15/h4-8,15,18H,3,9-12H2,1-2H3. The number of nitrogens with zero attached hydrogens (tertiary/aromatic N) is 2. The summed E-state index contributed by atoms with van der Waals surface area (Å²) in [6.07, 6.45) is 3.44. The highest BCUT2D eigenvalue weighted by atomic mass is 15.2. The van der Waals surface area contributed by atoms with Gasteiger partial charge in [-0.15, -0.1) is 0 Å². The van der Waals surface area contributed by atoms with Crippen molar-refractivity contribution in [2.75, 3.05) is 20.1 Å². The van der Waals surface area contributed by atoms with E-state index in [1.54, 1.807) is 0 Å². The number of benzene rings is 1. The van der Waals surface area contributed by atoms with Crippen LogP contribution < -0.4 is 5.32 Å². The van der Waals surface area contributed by atoms with Gasteiger partial charge in [0.2, 0.25) is 0 Å². The Labute approximate surface area is 116 Å². The van der Waals surface area contributed by atoms with Gasteiger partial charge in [0.1, 0.15) is 5.54 Å². The first-order chi connectivity index (χ1) is 9.22. The quantitative estimate of drug-likeness (QED) is 0.815. The third-order valence-corrected chi connectivity index (χ3v) is 3.95. The average Bonchev–Trinajstić information content (AvgIpc) is 3.29. The van der Waals surface area contributed by atoms with Crippen LogP contribution in [0.1, 0.15) is 31.7 Å². The van der Waals surface area contributed by atoms with E-state index >= 15 is 0 Å². The summed E-state index contributed by atoms with van der Waals surface area (Å²) in [5, 5.41) is 13.1. The number of hydrogen-bond acceptors (Lipinski definition) is 3. The maximum Gasteiger partial charge on any atom is 0.133 e. The minimum Gasteiger partial charge on any atom is -0.303 e. The van der Waals surface area contributed by atoms with Crippen molar-refractivity contribution in [2.45, 2.75) is 37.8 Å². The zero-order valence-electron chi connectivity index (χ0n) is 11.9. The molecule has 1 aromatic carbocycles. The van der Waals surface area contributed by atoms with Crippen molar-refractivity contribution in [2.24, 2.45) is 0 Å². The van der Waals surface area contributed by atoms with E-state index in [1.165, 1.54) is 12.8 Å². The minimum absolute atomic E-state index is 0.556. The second-order valence-electron chi connectivity index (χ2n) is 5.38. The van der Waals surface area contributed by atoms with Gasteiger partial charge in [-0.3, -0.25) is 5.32 Å². The lowest BCUT2D eigenvalue weighted by Gasteiger charge is -2.30. The zero-order chi connectivity index (χ0) is 13.7. The molecule has 3 nitrogen and oxygen atoms in total. The first-order valence-electron chi connectivity index (χ1n) is 7.14. The van der Waals surface area contributed by atoms with Crippen LogP contribution >= 0.6 is 0 Å². The fourth-order valence-corrected chi connectivity index (χ4v) is 2.56. The highest BCUT2D eigenvalue weighted by molar-refractivity contribution is 5.31. The summed E-state index contributed by atoms with van der Waals surface area (Å²) in [4.78, 5) is 2.38. The molecule has 0 spiro atoms. The van der Waals surface area contributed by atoms with Crippen LogP contribution in [-0.4, -0.2) is 31.1 Å². The number of nitrogens with one attached hydrogen (secondary N) is 1. The molecule has 0 aromatic heterocycles. The van der Waals surface area contributed by atoms with Crippen LogP contribution in [0.15, 0.2) is 30.3 Å². The van der Waals surface area contributed by atoms with Crippen molar-refractivity contribution in [3.63, 3.8) is 0 Å². The Hall–Kier alpha value is -1.37. The molecule has 0 bridgehead atoms. The van der Waals surface area contributed by atoms with Gasteiger partial charge in [0.05, 0.1) is 6.07 Å². The smallest absolute Gasteiger partial charge is 0.133 e. The largest absolute Gasteiger partial charge is 0.303 e. The topological polar surface area (TPSA) is 39.1 Å². The van der Waals surface area contributed by atoms with Crippen molar-refractivity contribution in [1.82, 2.24) is 10.2 Å². The van der Waals surface area contributed by atoms with Gasteiger partial charge < -0.3 is 4.90 Å². The molecule has 0 aliphatic heterocycles. The Balaban J connectivity index is 2.12. The normalized spacial score (nSPS) is 18.0. The third-order valence-electron chi connectivity index (χ3n) is 3.95. The second-order valence-corrected chi connectivity index (χ2v) is 5.38. The maximum atomic E-state index is 9.70. The number of nitriles is 1. The van der Waals surface area contributed by atoms with E-state index in [9.17, 15) is 5.26 Å². The van der Waals surface area contributed by atoms with E-state index < -0.39 is 5.54 Å². The van der Waals surface area contributed by atoms with Crippen molar-refractivity contribution in [1.29, 1.82) is 5.26 Å². The predicted octanol–water partition coefficient (Wildman–Crippen LogP) is 2.50. The molecule has 1 atom stereocenters. The highest BCUT2D eigenvalue weighted by Crippen LogP contribution is 2.29. The highest BCUT2D eigenvalue weighted by Gasteiger charge is 2.33. The van der Waals surface area contributed by atoms with Gasteiger partial charge in [-0.1, -0.05) is 37.3 Å². The molecule has 1 aliphatic rings. The Morgan fingerprint density at radius 2 is 2.05 bits per heavy atom.